The number of thioether (sulfide) groups is 1. The van der Waals surface area contributed by atoms with E-state index in [9.17, 15) is 13.2 Å². The maximum absolute atomic E-state index is 12.8. The predicted molar refractivity (Wildman–Crippen MR) is 70.9 cm³/mol. The highest BCUT2D eigenvalue weighted by molar-refractivity contribution is 7.97. The maximum Gasteiger partial charge on any atom is 0.434 e. The molecule has 0 unspecified atom stereocenters. The molecule has 0 amide bonds. The number of thiazole rings is 1. The van der Waals surface area contributed by atoms with Crippen LogP contribution in [0, 0.1) is 0 Å². The van der Waals surface area contributed by atoms with Crippen LogP contribution >= 0.6 is 23.1 Å². The normalized spacial score (nSPS) is 13.1. The van der Waals surface area contributed by atoms with E-state index in [1.165, 1.54) is 11.8 Å². The summed E-state index contributed by atoms with van der Waals surface area (Å²) in [5.41, 5.74) is -0.958. The van der Waals surface area contributed by atoms with Crippen molar-refractivity contribution >= 4 is 23.1 Å². The molecule has 0 saturated heterocycles. The molecule has 7 heteroatoms. The fourth-order valence-electron chi connectivity index (χ4n) is 1.27. The van der Waals surface area contributed by atoms with Crippen molar-refractivity contribution in [3.63, 3.8) is 0 Å². The lowest BCUT2D eigenvalue weighted by Crippen LogP contribution is -2.35. The average Bonchev–Trinajstić information content (AvgIpc) is 2.57. The number of halogens is 3. The van der Waals surface area contributed by atoms with Gasteiger partial charge in [-0.25, -0.2) is 4.98 Å². The van der Waals surface area contributed by atoms with E-state index in [4.69, 9.17) is 0 Å². The summed E-state index contributed by atoms with van der Waals surface area (Å²) in [7, 11) is 0. The molecule has 0 aromatic carbocycles. The largest absolute Gasteiger partial charge is 0.434 e. The predicted octanol–water partition coefficient (Wildman–Crippen LogP) is 3.91. The van der Waals surface area contributed by atoms with Crippen molar-refractivity contribution in [2.24, 2.45) is 0 Å². The molecule has 1 aromatic heterocycles. The second-order valence-electron chi connectivity index (χ2n) is 4.91. The second-order valence-corrected chi connectivity index (χ2v) is 6.95. The molecule has 1 heterocycles. The van der Waals surface area contributed by atoms with Gasteiger partial charge in [-0.2, -0.15) is 24.9 Å². The van der Waals surface area contributed by atoms with Crippen molar-refractivity contribution in [1.29, 1.82) is 0 Å². The summed E-state index contributed by atoms with van der Waals surface area (Å²) in [5.74, 6) is 0.517. The molecule has 0 saturated carbocycles. The molecular weight excluding hydrogens is 281 g/mol. The minimum absolute atomic E-state index is 0.199. The number of rotatable bonds is 4. The Balaban J connectivity index is 2.93. The van der Waals surface area contributed by atoms with Crippen molar-refractivity contribution in [2.45, 2.75) is 44.8 Å². The van der Waals surface area contributed by atoms with Gasteiger partial charge in [0, 0.05) is 17.8 Å². The molecule has 0 bridgehead atoms. The molecule has 104 valence electrons. The number of alkyl halides is 3. The SMILES string of the molecule is CSCc1nc(C(F)(F)F)c(CNC(C)(C)C)s1. The van der Waals surface area contributed by atoms with E-state index in [0.29, 0.717) is 10.8 Å². The van der Waals surface area contributed by atoms with Crippen LogP contribution in [0.1, 0.15) is 36.3 Å². The Kier molecular flexibility index (Phi) is 5.08. The zero-order valence-corrected chi connectivity index (χ0v) is 12.4. The molecule has 1 N–H and O–H groups in total. The average molecular weight is 298 g/mol. The lowest BCUT2D eigenvalue weighted by molar-refractivity contribution is -0.141. The third kappa shape index (κ3) is 4.78. The molecule has 1 rings (SSSR count). The summed E-state index contributed by atoms with van der Waals surface area (Å²) < 4.78 is 38.5. The number of aromatic nitrogens is 1. The topological polar surface area (TPSA) is 24.9 Å². The molecule has 18 heavy (non-hydrogen) atoms. The Morgan fingerprint density at radius 3 is 2.33 bits per heavy atom. The molecule has 0 aliphatic heterocycles. The first kappa shape index (κ1) is 15.8. The maximum atomic E-state index is 12.8. The first-order valence-corrected chi connectivity index (χ1v) is 7.64. The summed E-state index contributed by atoms with van der Waals surface area (Å²) in [4.78, 5) is 3.97. The van der Waals surface area contributed by atoms with E-state index >= 15 is 0 Å². The quantitative estimate of drug-likeness (QED) is 0.912. The lowest BCUT2D eigenvalue weighted by Gasteiger charge is -2.20. The van der Waals surface area contributed by atoms with Gasteiger partial charge in [0.1, 0.15) is 5.01 Å². The Labute approximate surface area is 113 Å². The Morgan fingerprint density at radius 1 is 1.28 bits per heavy atom. The molecule has 0 fully saturated rings. The zero-order chi connectivity index (χ0) is 14.0. The molecular formula is C11H17F3N2S2. The minimum Gasteiger partial charge on any atom is -0.307 e. The highest BCUT2D eigenvalue weighted by atomic mass is 32.2. The first-order chi connectivity index (χ1) is 8.13. The lowest BCUT2D eigenvalue weighted by atomic mass is 10.1. The van der Waals surface area contributed by atoms with E-state index < -0.39 is 11.9 Å². The Morgan fingerprint density at radius 2 is 1.89 bits per heavy atom. The van der Waals surface area contributed by atoms with Crippen LogP contribution in [-0.2, 0) is 18.5 Å². The summed E-state index contributed by atoms with van der Waals surface area (Å²) in [5, 5.41) is 3.60. The number of nitrogens with one attached hydrogen (secondary N) is 1. The van der Waals surface area contributed by atoms with Crippen LogP contribution < -0.4 is 5.32 Å². The van der Waals surface area contributed by atoms with Crippen LogP contribution in [0.3, 0.4) is 0 Å². The van der Waals surface area contributed by atoms with Gasteiger partial charge in [-0.15, -0.1) is 11.3 Å². The smallest absolute Gasteiger partial charge is 0.307 e. The van der Waals surface area contributed by atoms with Gasteiger partial charge in [-0.3, -0.25) is 0 Å². The fourth-order valence-corrected chi connectivity index (χ4v) is 3.00. The first-order valence-electron chi connectivity index (χ1n) is 5.43. The summed E-state index contributed by atoms with van der Waals surface area (Å²) in [6.45, 7) is 5.96. The van der Waals surface area contributed by atoms with Gasteiger partial charge in [-0.05, 0) is 27.0 Å². The van der Waals surface area contributed by atoms with Gasteiger partial charge in [0.25, 0.3) is 0 Å². The van der Waals surface area contributed by atoms with Crippen LogP contribution in [0.4, 0.5) is 13.2 Å². The molecule has 0 spiro atoms. The minimum atomic E-state index is -4.37. The summed E-state index contributed by atoms with van der Waals surface area (Å²) in [6.07, 6.45) is -2.52. The highest BCUT2D eigenvalue weighted by Crippen LogP contribution is 2.35. The van der Waals surface area contributed by atoms with Crippen molar-refractivity contribution in [3.8, 4) is 0 Å². The molecule has 2 nitrogen and oxygen atoms in total. The van der Waals surface area contributed by atoms with Crippen LogP contribution in [-0.4, -0.2) is 16.8 Å². The fraction of sp³-hybridized carbons (Fsp3) is 0.727. The summed E-state index contributed by atoms with van der Waals surface area (Å²) in [6, 6.07) is 0. The van der Waals surface area contributed by atoms with Gasteiger partial charge >= 0.3 is 6.18 Å². The number of hydrogen-bond donors (Lipinski definition) is 1. The second kappa shape index (κ2) is 5.79. The van der Waals surface area contributed by atoms with Crippen LogP contribution in [0.15, 0.2) is 0 Å². The van der Waals surface area contributed by atoms with Gasteiger partial charge < -0.3 is 5.32 Å². The molecule has 0 aliphatic carbocycles. The van der Waals surface area contributed by atoms with Gasteiger partial charge in [0.15, 0.2) is 5.69 Å². The summed E-state index contributed by atoms with van der Waals surface area (Å²) >= 11 is 2.61. The Bertz CT molecular complexity index is 394. The molecule has 0 atom stereocenters. The van der Waals surface area contributed by atoms with Crippen molar-refractivity contribution in [1.82, 2.24) is 10.3 Å². The molecule has 0 aliphatic rings. The van der Waals surface area contributed by atoms with E-state index in [0.717, 1.165) is 11.3 Å². The zero-order valence-electron chi connectivity index (χ0n) is 10.8. The van der Waals surface area contributed by atoms with Crippen LogP contribution in [0.5, 0.6) is 0 Å². The van der Waals surface area contributed by atoms with Crippen molar-refractivity contribution < 1.29 is 13.2 Å². The van der Waals surface area contributed by atoms with Crippen molar-refractivity contribution in [2.75, 3.05) is 6.26 Å². The van der Waals surface area contributed by atoms with Gasteiger partial charge in [0.05, 0.1) is 4.88 Å². The van der Waals surface area contributed by atoms with Gasteiger partial charge in [0.2, 0.25) is 0 Å². The standard InChI is InChI=1S/C11H17F3N2S2/c1-10(2,3)15-5-7-9(11(12,13)14)16-8(18-7)6-17-4/h15H,5-6H2,1-4H3. The molecule has 0 radical (unpaired) electrons. The Hall–Kier alpha value is -0.270. The van der Waals surface area contributed by atoms with Crippen molar-refractivity contribution in [3.05, 3.63) is 15.6 Å². The third-order valence-electron chi connectivity index (χ3n) is 2.06. The van der Waals surface area contributed by atoms with E-state index in [1.54, 1.807) is 0 Å². The highest BCUT2D eigenvalue weighted by Gasteiger charge is 2.37. The van der Waals surface area contributed by atoms with E-state index in [-0.39, 0.29) is 17.0 Å². The van der Waals surface area contributed by atoms with Crippen LogP contribution in [0.25, 0.3) is 0 Å². The molecule has 1 aromatic rings. The van der Waals surface area contributed by atoms with Gasteiger partial charge in [-0.1, -0.05) is 0 Å². The van der Waals surface area contributed by atoms with E-state index in [1.807, 2.05) is 27.0 Å². The van der Waals surface area contributed by atoms with E-state index in [2.05, 4.69) is 10.3 Å². The number of hydrogen-bond acceptors (Lipinski definition) is 4. The van der Waals surface area contributed by atoms with Crippen LogP contribution in [0.2, 0.25) is 0 Å². The monoisotopic (exact) mass is 298 g/mol. The third-order valence-corrected chi connectivity index (χ3v) is 3.86. The number of nitrogens with zero attached hydrogens (tertiary/aromatic N) is 1.